The van der Waals surface area contributed by atoms with E-state index >= 15 is 0 Å². The van der Waals surface area contributed by atoms with Crippen molar-refractivity contribution in [1.82, 2.24) is 4.98 Å². The zero-order valence-electron chi connectivity index (χ0n) is 15.4. The molecule has 27 heavy (non-hydrogen) atoms. The van der Waals surface area contributed by atoms with Crippen molar-refractivity contribution >= 4 is 28.7 Å². The number of hydrogen-bond acceptors (Lipinski definition) is 5. The highest BCUT2D eigenvalue weighted by Gasteiger charge is 2.31. The van der Waals surface area contributed by atoms with Crippen LogP contribution in [0.15, 0.2) is 46.9 Å². The zero-order chi connectivity index (χ0) is 19.2. The fourth-order valence-electron chi connectivity index (χ4n) is 3.03. The summed E-state index contributed by atoms with van der Waals surface area (Å²) in [6, 6.07) is 12.4. The van der Waals surface area contributed by atoms with Gasteiger partial charge in [-0.1, -0.05) is 39.0 Å². The quantitative estimate of drug-likeness (QED) is 0.699. The molecule has 0 saturated heterocycles. The third-order valence-electron chi connectivity index (χ3n) is 4.48. The van der Waals surface area contributed by atoms with Crippen molar-refractivity contribution in [3.05, 3.63) is 59.5 Å². The van der Waals surface area contributed by atoms with Gasteiger partial charge in [-0.15, -0.1) is 0 Å². The topological polar surface area (TPSA) is 81.4 Å². The molecule has 2 aromatic carbocycles. The van der Waals surface area contributed by atoms with Crippen LogP contribution in [0.5, 0.6) is 0 Å². The average molecular weight is 364 g/mol. The van der Waals surface area contributed by atoms with Crippen LogP contribution in [-0.4, -0.2) is 23.0 Å². The molecule has 0 fully saturated rings. The second kappa shape index (κ2) is 6.23. The number of anilines is 1. The number of rotatable bonds is 2. The monoisotopic (exact) mass is 364 g/mol. The summed E-state index contributed by atoms with van der Waals surface area (Å²) in [6.07, 6.45) is -0.501. The lowest BCUT2D eigenvalue weighted by Crippen LogP contribution is -2.37. The van der Waals surface area contributed by atoms with Crippen molar-refractivity contribution in [2.24, 2.45) is 0 Å². The molecular formula is C21H20N2O4. The summed E-state index contributed by atoms with van der Waals surface area (Å²) in [7, 11) is 0. The molecule has 2 heterocycles. The van der Waals surface area contributed by atoms with E-state index in [2.05, 4.69) is 10.3 Å². The van der Waals surface area contributed by atoms with Gasteiger partial charge in [-0.05, 0) is 29.8 Å². The third-order valence-corrected chi connectivity index (χ3v) is 4.48. The van der Waals surface area contributed by atoms with E-state index in [1.807, 2.05) is 32.9 Å². The highest BCUT2D eigenvalue weighted by Crippen LogP contribution is 2.28. The molecular weight excluding hydrogens is 344 g/mol. The van der Waals surface area contributed by atoms with E-state index < -0.39 is 12.1 Å². The van der Waals surface area contributed by atoms with Crippen molar-refractivity contribution in [3.8, 4) is 0 Å². The van der Waals surface area contributed by atoms with Crippen molar-refractivity contribution in [2.75, 3.05) is 5.32 Å². The molecule has 1 aromatic heterocycles. The smallest absolute Gasteiger partial charge is 0.339 e. The number of oxazole rings is 1. The minimum Gasteiger partial charge on any atom is -0.448 e. The van der Waals surface area contributed by atoms with Gasteiger partial charge in [0, 0.05) is 17.5 Å². The number of fused-ring (bicyclic) bond motifs is 2. The summed E-state index contributed by atoms with van der Waals surface area (Å²) in [5, 5.41) is 2.81. The number of nitrogens with zero attached hydrogens (tertiary/aromatic N) is 1. The number of carbonyl (C=O) groups excluding carboxylic acids is 2. The van der Waals surface area contributed by atoms with Crippen molar-refractivity contribution in [3.63, 3.8) is 0 Å². The number of aromatic nitrogens is 1. The summed E-state index contributed by atoms with van der Waals surface area (Å²) >= 11 is 0. The van der Waals surface area contributed by atoms with Gasteiger partial charge in [0.05, 0.1) is 5.56 Å². The first-order chi connectivity index (χ1) is 12.8. The van der Waals surface area contributed by atoms with Crippen LogP contribution < -0.4 is 5.32 Å². The van der Waals surface area contributed by atoms with Gasteiger partial charge in [0.25, 0.3) is 5.91 Å². The Morgan fingerprint density at radius 3 is 2.74 bits per heavy atom. The Bertz CT molecular complexity index is 1050. The van der Waals surface area contributed by atoms with Gasteiger partial charge in [-0.25, -0.2) is 9.78 Å². The van der Waals surface area contributed by atoms with Crippen molar-refractivity contribution < 1.29 is 18.7 Å². The summed E-state index contributed by atoms with van der Waals surface area (Å²) in [4.78, 5) is 29.2. The molecule has 1 N–H and O–H groups in total. The molecule has 138 valence electrons. The molecule has 0 bridgehead atoms. The minimum absolute atomic E-state index is 0.202. The predicted octanol–water partition coefficient (Wildman–Crippen LogP) is 3.85. The van der Waals surface area contributed by atoms with Gasteiger partial charge in [-0.3, -0.25) is 4.79 Å². The molecule has 1 aliphatic rings. The lowest BCUT2D eigenvalue weighted by Gasteiger charge is -2.23. The number of benzene rings is 2. The molecule has 0 saturated carbocycles. The number of nitrogens with one attached hydrogen (secondary N) is 1. The van der Waals surface area contributed by atoms with Gasteiger partial charge in [0.15, 0.2) is 11.7 Å². The second-order valence-electron chi connectivity index (χ2n) is 7.70. The number of amides is 1. The van der Waals surface area contributed by atoms with Crippen LogP contribution in [0, 0.1) is 0 Å². The lowest BCUT2D eigenvalue weighted by atomic mass is 9.97. The Kier molecular flexibility index (Phi) is 3.98. The van der Waals surface area contributed by atoms with E-state index in [-0.39, 0.29) is 11.3 Å². The molecule has 6 nitrogen and oxygen atoms in total. The van der Waals surface area contributed by atoms with E-state index in [4.69, 9.17) is 9.15 Å². The lowest BCUT2D eigenvalue weighted by molar-refractivity contribution is -0.125. The first-order valence-electron chi connectivity index (χ1n) is 8.82. The van der Waals surface area contributed by atoms with Crippen LogP contribution in [0.1, 0.15) is 42.6 Å². The van der Waals surface area contributed by atoms with Crippen molar-refractivity contribution in [2.45, 2.75) is 38.7 Å². The van der Waals surface area contributed by atoms with Crippen LogP contribution in [0.2, 0.25) is 0 Å². The van der Waals surface area contributed by atoms with Gasteiger partial charge in [0.1, 0.15) is 5.52 Å². The molecule has 0 unspecified atom stereocenters. The van der Waals surface area contributed by atoms with E-state index in [0.29, 0.717) is 34.7 Å². The largest absolute Gasteiger partial charge is 0.448 e. The Hall–Kier alpha value is -3.15. The number of carbonyl (C=O) groups is 2. The third kappa shape index (κ3) is 3.30. The molecule has 4 rings (SSSR count). The first kappa shape index (κ1) is 17.3. The van der Waals surface area contributed by atoms with E-state index in [1.54, 1.807) is 30.3 Å². The zero-order valence-corrected chi connectivity index (χ0v) is 15.4. The Morgan fingerprint density at radius 2 is 1.96 bits per heavy atom. The fourth-order valence-corrected chi connectivity index (χ4v) is 3.03. The first-order valence-corrected chi connectivity index (χ1v) is 8.82. The Labute approximate surface area is 156 Å². The van der Waals surface area contributed by atoms with Crippen LogP contribution in [-0.2, 0) is 21.4 Å². The van der Waals surface area contributed by atoms with Crippen LogP contribution in [0.4, 0.5) is 5.69 Å². The standard InChI is InChI=1S/C21H20N2O4/c1-21(2,3)20-23-15-11-13(8-9-16(15)27-20)22-18(24)17-10-12-6-4-5-7-14(12)19(25)26-17/h4-9,11,17H,10H2,1-3H3,(H,22,24)/t17-/m1/s1. The van der Waals surface area contributed by atoms with Gasteiger partial charge in [0.2, 0.25) is 5.89 Å². The maximum absolute atomic E-state index is 12.6. The summed E-state index contributed by atoms with van der Waals surface area (Å²) in [5.41, 5.74) is 3.04. The van der Waals surface area contributed by atoms with Crippen LogP contribution >= 0.6 is 0 Å². The maximum Gasteiger partial charge on any atom is 0.339 e. The average Bonchev–Trinajstić information content (AvgIpc) is 3.05. The molecule has 1 amide bonds. The normalized spacial score (nSPS) is 16.7. The Morgan fingerprint density at radius 1 is 1.19 bits per heavy atom. The summed E-state index contributed by atoms with van der Waals surface area (Å²) in [5.74, 6) is -0.200. The number of ether oxygens (including phenoxy) is 1. The van der Waals surface area contributed by atoms with E-state index in [1.165, 1.54) is 0 Å². The van der Waals surface area contributed by atoms with Crippen molar-refractivity contribution in [1.29, 1.82) is 0 Å². The number of esters is 1. The fraction of sp³-hybridized carbons (Fsp3) is 0.286. The van der Waals surface area contributed by atoms with Crippen LogP contribution in [0.3, 0.4) is 0 Å². The molecule has 0 spiro atoms. The summed E-state index contributed by atoms with van der Waals surface area (Å²) < 4.78 is 11.1. The maximum atomic E-state index is 12.6. The summed E-state index contributed by atoms with van der Waals surface area (Å²) in [6.45, 7) is 6.07. The highest BCUT2D eigenvalue weighted by atomic mass is 16.5. The molecule has 1 atom stereocenters. The number of hydrogen-bond donors (Lipinski definition) is 1. The highest BCUT2D eigenvalue weighted by molar-refractivity contribution is 6.00. The molecule has 3 aromatic rings. The van der Waals surface area contributed by atoms with Gasteiger partial charge < -0.3 is 14.5 Å². The van der Waals surface area contributed by atoms with Gasteiger partial charge >= 0.3 is 5.97 Å². The SMILES string of the molecule is CC(C)(C)c1nc2cc(NC(=O)[C@H]3Cc4ccccc4C(=O)O3)ccc2o1. The number of cyclic esters (lactones) is 1. The molecule has 0 radical (unpaired) electrons. The predicted molar refractivity (Wildman–Crippen MR) is 101 cm³/mol. The van der Waals surface area contributed by atoms with Gasteiger partial charge in [-0.2, -0.15) is 0 Å². The van der Waals surface area contributed by atoms with E-state index in [0.717, 1.165) is 5.56 Å². The Balaban J connectivity index is 1.54. The second-order valence-corrected chi connectivity index (χ2v) is 7.70. The van der Waals surface area contributed by atoms with E-state index in [9.17, 15) is 9.59 Å². The van der Waals surface area contributed by atoms with Crippen LogP contribution in [0.25, 0.3) is 11.1 Å². The molecule has 6 heteroatoms. The molecule has 1 aliphatic heterocycles. The molecule has 0 aliphatic carbocycles. The minimum atomic E-state index is -0.856.